The van der Waals surface area contributed by atoms with Crippen molar-refractivity contribution in [3.8, 4) is 0 Å². The van der Waals surface area contributed by atoms with Crippen LogP contribution in [-0.4, -0.2) is 31.0 Å². The van der Waals surface area contributed by atoms with E-state index in [1.807, 2.05) is 6.92 Å². The fraction of sp³-hybridized carbons (Fsp3) is 1.00. The van der Waals surface area contributed by atoms with Crippen LogP contribution in [0.2, 0.25) is 0 Å². The van der Waals surface area contributed by atoms with E-state index in [-0.39, 0.29) is 5.41 Å². The molecule has 1 fully saturated rings. The number of hydrogen-bond donors (Lipinski definition) is 2. The molecule has 0 aromatic rings. The lowest BCUT2D eigenvalue weighted by atomic mass is 9.69. The molecular formula is C12H25NO2. The van der Waals surface area contributed by atoms with Gasteiger partial charge in [-0.05, 0) is 32.1 Å². The molecule has 0 saturated heterocycles. The molecule has 1 aliphatic carbocycles. The quantitative estimate of drug-likeness (QED) is 0.731. The Balaban J connectivity index is 2.71. The summed E-state index contributed by atoms with van der Waals surface area (Å²) < 4.78 is 5.05. The molecule has 0 aromatic carbocycles. The Kier molecular flexibility index (Phi) is 4.15. The third kappa shape index (κ3) is 2.52. The zero-order chi connectivity index (χ0) is 11.5. The standard InChI is InChI=1S/C12H25NO2/c1-10-4-5-12(8-10,9-13)11(2,14)6-7-15-3/h10,14H,4-9,13H2,1-3H3. The Morgan fingerprint density at radius 3 is 2.67 bits per heavy atom. The Bertz CT molecular complexity index is 206. The van der Waals surface area contributed by atoms with Crippen LogP contribution in [-0.2, 0) is 4.74 Å². The summed E-state index contributed by atoms with van der Waals surface area (Å²) in [6.45, 7) is 5.33. The first-order valence-corrected chi connectivity index (χ1v) is 5.89. The molecule has 3 heteroatoms. The topological polar surface area (TPSA) is 55.5 Å². The van der Waals surface area contributed by atoms with Crippen molar-refractivity contribution in [3.63, 3.8) is 0 Å². The SMILES string of the molecule is COCCC(C)(O)C1(CN)CCC(C)C1. The lowest BCUT2D eigenvalue weighted by Gasteiger charge is -2.42. The number of methoxy groups -OCH3 is 1. The van der Waals surface area contributed by atoms with Crippen LogP contribution in [0.15, 0.2) is 0 Å². The van der Waals surface area contributed by atoms with Crippen molar-refractivity contribution >= 4 is 0 Å². The van der Waals surface area contributed by atoms with E-state index >= 15 is 0 Å². The van der Waals surface area contributed by atoms with Crippen LogP contribution >= 0.6 is 0 Å². The van der Waals surface area contributed by atoms with Gasteiger partial charge in [-0.2, -0.15) is 0 Å². The molecule has 0 aliphatic heterocycles. The maximum Gasteiger partial charge on any atom is 0.0709 e. The van der Waals surface area contributed by atoms with Gasteiger partial charge in [0.05, 0.1) is 5.60 Å². The van der Waals surface area contributed by atoms with E-state index in [0.29, 0.717) is 25.5 Å². The minimum absolute atomic E-state index is 0.0923. The molecule has 3 nitrogen and oxygen atoms in total. The van der Waals surface area contributed by atoms with E-state index in [0.717, 1.165) is 12.8 Å². The predicted octanol–water partition coefficient (Wildman–Crippen LogP) is 1.54. The van der Waals surface area contributed by atoms with Crippen LogP contribution < -0.4 is 5.73 Å². The van der Waals surface area contributed by atoms with Gasteiger partial charge >= 0.3 is 0 Å². The Labute approximate surface area is 93.0 Å². The van der Waals surface area contributed by atoms with E-state index in [1.54, 1.807) is 7.11 Å². The zero-order valence-corrected chi connectivity index (χ0v) is 10.3. The number of aliphatic hydroxyl groups is 1. The number of hydrogen-bond acceptors (Lipinski definition) is 3. The molecular weight excluding hydrogens is 190 g/mol. The largest absolute Gasteiger partial charge is 0.389 e. The first-order valence-electron chi connectivity index (χ1n) is 5.89. The number of rotatable bonds is 5. The average molecular weight is 215 g/mol. The molecule has 1 saturated carbocycles. The molecule has 0 bridgehead atoms. The molecule has 1 aliphatic rings. The Hall–Kier alpha value is -0.120. The van der Waals surface area contributed by atoms with Crippen LogP contribution in [0, 0.1) is 11.3 Å². The maximum atomic E-state index is 10.6. The molecule has 0 spiro atoms. The molecule has 90 valence electrons. The first kappa shape index (κ1) is 12.9. The first-order chi connectivity index (χ1) is 6.97. The van der Waals surface area contributed by atoms with Crippen molar-refractivity contribution in [1.29, 1.82) is 0 Å². The second-order valence-corrected chi connectivity index (χ2v) is 5.35. The van der Waals surface area contributed by atoms with Crippen molar-refractivity contribution in [1.82, 2.24) is 0 Å². The monoisotopic (exact) mass is 215 g/mol. The summed E-state index contributed by atoms with van der Waals surface area (Å²) >= 11 is 0. The summed E-state index contributed by atoms with van der Waals surface area (Å²) in [5, 5.41) is 10.6. The summed E-state index contributed by atoms with van der Waals surface area (Å²) in [5.41, 5.74) is 5.10. The van der Waals surface area contributed by atoms with Gasteiger partial charge < -0.3 is 15.6 Å². The lowest BCUT2D eigenvalue weighted by molar-refractivity contribution is -0.0819. The van der Waals surface area contributed by atoms with Gasteiger partial charge in [-0.15, -0.1) is 0 Å². The van der Waals surface area contributed by atoms with E-state index in [9.17, 15) is 5.11 Å². The zero-order valence-electron chi connectivity index (χ0n) is 10.3. The van der Waals surface area contributed by atoms with Crippen molar-refractivity contribution in [2.45, 2.75) is 45.1 Å². The molecule has 0 amide bonds. The van der Waals surface area contributed by atoms with Gasteiger partial charge in [-0.3, -0.25) is 0 Å². The molecule has 15 heavy (non-hydrogen) atoms. The van der Waals surface area contributed by atoms with Gasteiger partial charge in [0.2, 0.25) is 0 Å². The summed E-state index contributed by atoms with van der Waals surface area (Å²) in [4.78, 5) is 0. The molecule has 1 rings (SSSR count). The highest BCUT2D eigenvalue weighted by Gasteiger charge is 2.49. The number of ether oxygens (including phenoxy) is 1. The minimum atomic E-state index is -0.692. The normalized spacial score (nSPS) is 35.4. The van der Waals surface area contributed by atoms with Gasteiger partial charge in [-0.25, -0.2) is 0 Å². The van der Waals surface area contributed by atoms with Crippen LogP contribution in [0.5, 0.6) is 0 Å². The minimum Gasteiger partial charge on any atom is -0.389 e. The third-order valence-electron chi connectivity index (χ3n) is 4.18. The highest BCUT2D eigenvalue weighted by Crippen LogP contribution is 2.49. The van der Waals surface area contributed by atoms with E-state index in [2.05, 4.69) is 6.92 Å². The highest BCUT2D eigenvalue weighted by atomic mass is 16.5. The van der Waals surface area contributed by atoms with Gasteiger partial charge in [0.15, 0.2) is 0 Å². The summed E-state index contributed by atoms with van der Waals surface area (Å²) in [6, 6.07) is 0. The number of nitrogens with two attached hydrogens (primary N) is 1. The fourth-order valence-corrected chi connectivity index (χ4v) is 2.85. The van der Waals surface area contributed by atoms with Gasteiger partial charge in [0.1, 0.15) is 0 Å². The summed E-state index contributed by atoms with van der Waals surface area (Å²) in [5.74, 6) is 0.683. The maximum absolute atomic E-state index is 10.6. The molecule has 3 N–H and O–H groups in total. The van der Waals surface area contributed by atoms with Gasteiger partial charge in [-0.1, -0.05) is 13.3 Å². The van der Waals surface area contributed by atoms with E-state index in [1.165, 1.54) is 6.42 Å². The molecule has 0 radical (unpaired) electrons. The molecule has 0 aromatic heterocycles. The van der Waals surface area contributed by atoms with Crippen molar-refractivity contribution < 1.29 is 9.84 Å². The highest BCUT2D eigenvalue weighted by molar-refractivity contribution is 5.01. The van der Waals surface area contributed by atoms with E-state index < -0.39 is 5.60 Å². The smallest absolute Gasteiger partial charge is 0.0709 e. The van der Waals surface area contributed by atoms with Crippen LogP contribution in [0.1, 0.15) is 39.5 Å². The third-order valence-corrected chi connectivity index (χ3v) is 4.18. The van der Waals surface area contributed by atoms with Gasteiger partial charge in [0, 0.05) is 25.7 Å². The molecule has 3 unspecified atom stereocenters. The van der Waals surface area contributed by atoms with Crippen LogP contribution in [0.4, 0.5) is 0 Å². The summed E-state index contributed by atoms with van der Waals surface area (Å²) in [6.07, 6.45) is 3.94. The van der Waals surface area contributed by atoms with Gasteiger partial charge in [0.25, 0.3) is 0 Å². The Morgan fingerprint density at radius 2 is 2.27 bits per heavy atom. The summed E-state index contributed by atoms with van der Waals surface area (Å²) in [7, 11) is 1.67. The second-order valence-electron chi connectivity index (χ2n) is 5.35. The van der Waals surface area contributed by atoms with Crippen LogP contribution in [0.3, 0.4) is 0 Å². The molecule has 3 atom stereocenters. The van der Waals surface area contributed by atoms with Crippen LogP contribution in [0.25, 0.3) is 0 Å². The second kappa shape index (κ2) is 4.81. The van der Waals surface area contributed by atoms with Crippen molar-refractivity contribution in [2.75, 3.05) is 20.3 Å². The average Bonchev–Trinajstić information content (AvgIpc) is 2.59. The van der Waals surface area contributed by atoms with Crippen molar-refractivity contribution in [2.24, 2.45) is 17.1 Å². The fourth-order valence-electron chi connectivity index (χ4n) is 2.85. The van der Waals surface area contributed by atoms with Crippen molar-refractivity contribution in [3.05, 3.63) is 0 Å². The molecule has 0 heterocycles. The lowest BCUT2D eigenvalue weighted by Crippen LogP contribution is -2.49. The van der Waals surface area contributed by atoms with E-state index in [4.69, 9.17) is 10.5 Å². The Morgan fingerprint density at radius 1 is 1.60 bits per heavy atom. The predicted molar refractivity (Wildman–Crippen MR) is 61.6 cm³/mol.